The van der Waals surface area contributed by atoms with Crippen molar-refractivity contribution in [2.24, 2.45) is 0 Å². The van der Waals surface area contributed by atoms with Crippen LogP contribution in [0.5, 0.6) is 0 Å². The fourth-order valence-corrected chi connectivity index (χ4v) is 19.7. The molecule has 1 atom stereocenters. The molecule has 0 radical (unpaired) electrons. The SMILES string of the molecule is CCCCCCCCCCCCCC(CC(=O)[O-])(C(=O)[O-])S(=O)(=O)O.CCCC[P+](CCCC)(CCCC)CCCC.CCCC[P+](CCCC)(CCCC)CCCC. The van der Waals surface area contributed by atoms with E-state index in [1.807, 2.05) is 0 Å². The van der Waals surface area contributed by atoms with Gasteiger partial charge in [0.1, 0.15) is 4.75 Å². The van der Waals surface area contributed by atoms with Crippen molar-refractivity contribution in [3.63, 3.8) is 0 Å². The van der Waals surface area contributed by atoms with Crippen molar-refractivity contribution in [1.82, 2.24) is 0 Å². The van der Waals surface area contributed by atoms with Crippen LogP contribution in [0.25, 0.3) is 0 Å². The molecule has 356 valence electrons. The van der Waals surface area contributed by atoms with Crippen LogP contribution >= 0.6 is 14.5 Å². The minimum Gasteiger partial charge on any atom is -0.550 e. The lowest BCUT2D eigenvalue weighted by Crippen LogP contribution is -2.56. The molecule has 0 amide bonds. The monoisotopic (exact) mass is 897 g/mol. The number of carboxylic acid groups (broad SMARTS) is 2. The molecule has 0 saturated carbocycles. The van der Waals surface area contributed by atoms with Gasteiger partial charge in [0.05, 0.1) is 55.3 Å². The molecule has 0 aliphatic carbocycles. The first kappa shape index (κ1) is 63.0. The van der Waals surface area contributed by atoms with Gasteiger partial charge in [0.2, 0.25) is 0 Å². The quantitative estimate of drug-likeness (QED) is 0.0367. The number of rotatable bonds is 40. The zero-order valence-electron chi connectivity index (χ0n) is 40.9. The highest BCUT2D eigenvalue weighted by atomic mass is 32.2. The van der Waals surface area contributed by atoms with Gasteiger partial charge in [-0.2, -0.15) is 8.42 Å². The Labute approximate surface area is 370 Å². The van der Waals surface area contributed by atoms with Crippen molar-refractivity contribution >= 4 is 36.6 Å². The molecule has 0 spiro atoms. The summed E-state index contributed by atoms with van der Waals surface area (Å²) in [6.07, 6.45) is 45.0. The summed E-state index contributed by atoms with van der Waals surface area (Å²) in [5, 5.41) is 21.9. The number of hydrogen-bond donors (Lipinski definition) is 1. The largest absolute Gasteiger partial charge is 0.550 e. The number of unbranched alkanes of at least 4 members (excludes halogenated alkanes) is 18. The molecule has 0 fully saturated rings. The first-order valence-corrected chi connectivity index (χ1v) is 31.7. The van der Waals surface area contributed by atoms with Crippen molar-refractivity contribution in [3.05, 3.63) is 0 Å². The molecule has 1 unspecified atom stereocenters. The summed E-state index contributed by atoms with van der Waals surface area (Å²) in [6, 6.07) is 0. The van der Waals surface area contributed by atoms with Crippen LogP contribution in [0.4, 0.5) is 0 Å². The molecule has 1 N–H and O–H groups in total. The number of carbonyl (C=O) groups excluding carboxylic acids is 2. The fraction of sp³-hybridized carbons (Fsp3) is 0.959. The molecule has 0 aliphatic rings. The Morgan fingerprint density at radius 1 is 0.407 bits per heavy atom. The average molecular weight is 897 g/mol. The maximum Gasteiger partial charge on any atom is 0.276 e. The Balaban J connectivity index is -0.000000822. The molecule has 0 heterocycles. The number of aliphatic carboxylic acids is 2. The van der Waals surface area contributed by atoms with Crippen LogP contribution in [0.15, 0.2) is 0 Å². The standard InChI is InChI=1S/C17H32O7S.2C16H36P/c1-2-3-4-5-6-7-8-9-10-11-12-13-17(16(20)21,14-15(18)19)25(22,23)24;2*1-5-9-13-17(14-10-6-2,15-11-7-3)16-12-8-4/h2-14H2,1H3,(H,18,19)(H,20,21)(H,22,23,24);2*5-16H2,1-4H3/q;2*+1/p-2. The van der Waals surface area contributed by atoms with Gasteiger partial charge in [0.25, 0.3) is 10.1 Å². The number of carboxylic acids is 2. The highest BCUT2D eigenvalue weighted by Gasteiger charge is 2.44. The van der Waals surface area contributed by atoms with Gasteiger partial charge in [-0.05, 0) is 57.8 Å². The minimum atomic E-state index is -5.12. The third-order valence-corrected chi connectivity index (χ3v) is 24.0. The second-order valence-corrected chi connectivity index (χ2v) is 28.6. The van der Waals surface area contributed by atoms with Crippen molar-refractivity contribution in [1.29, 1.82) is 0 Å². The van der Waals surface area contributed by atoms with Crippen LogP contribution in [0, 0.1) is 0 Å². The molecule has 10 heteroatoms. The fourth-order valence-electron chi connectivity index (χ4n) is 8.19. The van der Waals surface area contributed by atoms with Gasteiger partial charge < -0.3 is 19.8 Å². The Bertz CT molecular complexity index is 944. The van der Waals surface area contributed by atoms with Crippen LogP contribution in [0.2, 0.25) is 0 Å². The summed E-state index contributed by atoms with van der Waals surface area (Å²) in [6.45, 7) is 21.0. The summed E-state index contributed by atoms with van der Waals surface area (Å²) in [5.41, 5.74) is 0. The molecular formula is C49H102O7P2S. The molecule has 7 nitrogen and oxygen atoms in total. The number of carbonyl (C=O) groups is 2. The summed E-state index contributed by atoms with van der Waals surface area (Å²) < 4.78 is 29.1. The van der Waals surface area contributed by atoms with Crippen LogP contribution in [-0.4, -0.2) is 79.0 Å². The minimum absolute atomic E-state index is 0.178. The van der Waals surface area contributed by atoms with E-state index >= 15 is 0 Å². The second-order valence-electron chi connectivity index (χ2n) is 17.9. The molecule has 0 saturated heterocycles. The van der Waals surface area contributed by atoms with E-state index in [0.717, 1.165) is 25.7 Å². The van der Waals surface area contributed by atoms with E-state index in [1.54, 1.807) is 49.3 Å². The van der Waals surface area contributed by atoms with Gasteiger partial charge in [-0.25, -0.2) is 0 Å². The highest BCUT2D eigenvalue weighted by molar-refractivity contribution is 7.88. The first-order chi connectivity index (χ1) is 28.2. The van der Waals surface area contributed by atoms with Crippen LogP contribution < -0.4 is 10.2 Å². The van der Waals surface area contributed by atoms with Crippen molar-refractivity contribution < 1.29 is 32.8 Å². The van der Waals surface area contributed by atoms with Gasteiger partial charge in [0, 0.05) is 26.9 Å². The Morgan fingerprint density at radius 3 is 0.814 bits per heavy atom. The van der Waals surface area contributed by atoms with E-state index in [4.69, 9.17) is 4.55 Å². The van der Waals surface area contributed by atoms with E-state index in [9.17, 15) is 28.2 Å². The predicted molar refractivity (Wildman–Crippen MR) is 262 cm³/mol. The van der Waals surface area contributed by atoms with Gasteiger partial charge in [-0.1, -0.05) is 184 Å². The van der Waals surface area contributed by atoms with E-state index in [2.05, 4.69) is 62.3 Å². The summed E-state index contributed by atoms with van der Waals surface area (Å²) >= 11 is 0. The highest BCUT2D eigenvalue weighted by Crippen LogP contribution is 2.62. The molecular weight excluding hydrogens is 795 g/mol. The smallest absolute Gasteiger partial charge is 0.276 e. The van der Waals surface area contributed by atoms with Crippen molar-refractivity contribution in [2.45, 2.75) is 253 Å². The van der Waals surface area contributed by atoms with E-state index < -0.39 is 54.2 Å². The third kappa shape index (κ3) is 33.0. The Morgan fingerprint density at radius 2 is 0.627 bits per heavy atom. The lowest BCUT2D eigenvalue weighted by atomic mass is 9.96. The average Bonchev–Trinajstić information content (AvgIpc) is 3.21. The molecule has 0 aromatic carbocycles. The normalized spacial score (nSPS) is 12.9. The maximum absolute atomic E-state index is 11.4. The maximum atomic E-state index is 11.4. The lowest BCUT2D eigenvalue weighted by Gasteiger charge is -2.31. The summed E-state index contributed by atoms with van der Waals surface area (Å²) in [7, 11) is -6.24. The topological polar surface area (TPSA) is 135 Å². The third-order valence-electron chi connectivity index (χ3n) is 12.4. The molecule has 59 heavy (non-hydrogen) atoms. The zero-order valence-corrected chi connectivity index (χ0v) is 43.5. The molecule has 0 rings (SSSR count). The van der Waals surface area contributed by atoms with Crippen molar-refractivity contribution in [3.8, 4) is 0 Å². The lowest BCUT2D eigenvalue weighted by molar-refractivity contribution is -0.319. The zero-order chi connectivity index (χ0) is 45.3. The predicted octanol–water partition coefficient (Wildman–Crippen LogP) is 13.6. The van der Waals surface area contributed by atoms with E-state index in [-0.39, 0.29) is 6.42 Å². The van der Waals surface area contributed by atoms with Gasteiger partial charge in [0.15, 0.2) is 0 Å². The second kappa shape index (κ2) is 41.7. The molecule has 0 aliphatic heterocycles. The van der Waals surface area contributed by atoms with Crippen LogP contribution in [0.3, 0.4) is 0 Å². The summed E-state index contributed by atoms with van der Waals surface area (Å²) in [5.74, 6) is -3.96. The van der Waals surface area contributed by atoms with Gasteiger partial charge in [-0.15, -0.1) is 0 Å². The van der Waals surface area contributed by atoms with E-state index in [0.29, 0.717) is 6.42 Å². The van der Waals surface area contributed by atoms with Gasteiger partial charge >= 0.3 is 0 Å². The summed E-state index contributed by atoms with van der Waals surface area (Å²) in [4.78, 5) is 21.9. The van der Waals surface area contributed by atoms with Crippen LogP contribution in [0.1, 0.15) is 249 Å². The van der Waals surface area contributed by atoms with E-state index in [1.165, 1.54) is 135 Å². The Kier molecular flexibility index (Phi) is 44.5. The molecule has 0 aromatic rings. The van der Waals surface area contributed by atoms with Crippen LogP contribution in [-0.2, 0) is 19.7 Å². The molecule has 0 aromatic heterocycles. The van der Waals surface area contributed by atoms with Crippen molar-refractivity contribution in [2.75, 3.05) is 49.3 Å². The Hall–Kier alpha value is -0.290. The molecule has 0 bridgehead atoms. The first-order valence-electron chi connectivity index (χ1n) is 25.2. The van der Waals surface area contributed by atoms with Gasteiger partial charge in [-0.3, -0.25) is 4.55 Å². The number of hydrogen-bond acceptors (Lipinski definition) is 6.